The standard InChI is InChI=1S/C18H12F4N6O/c1-27-9-24-15(25-27)17(29)26-28-14(7-10-3-2-6-23-16(10)28)12-8-11(19)4-5-13(12)18(20,21)22/h2-9H,1H3,(H,26,29). The van der Waals surface area contributed by atoms with E-state index >= 15 is 0 Å². The molecule has 0 unspecified atom stereocenters. The molecule has 0 saturated heterocycles. The molecule has 0 bridgehead atoms. The van der Waals surface area contributed by atoms with E-state index in [9.17, 15) is 22.4 Å². The molecular weight excluding hydrogens is 392 g/mol. The third kappa shape index (κ3) is 3.42. The monoisotopic (exact) mass is 404 g/mol. The number of halogens is 4. The second kappa shape index (κ2) is 6.69. The number of fused-ring (bicyclic) bond motifs is 1. The molecule has 7 nitrogen and oxygen atoms in total. The zero-order valence-electron chi connectivity index (χ0n) is 14.8. The van der Waals surface area contributed by atoms with Gasteiger partial charge in [-0.1, -0.05) is 0 Å². The van der Waals surface area contributed by atoms with Crippen LogP contribution < -0.4 is 5.43 Å². The summed E-state index contributed by atoms with van der Waals surface area (Å²) in [6.45, 7) is 0. The number of carbonyl (C=O) groups is 1. The van der Waals surface area contributed by atoms with Crippen LogP contribution in [-0.2, 0) is 13.2 Å². The van der Waals surface area contributed by atoms with Gasteiger partial charge >= 0.3 is 12.1 Å². The first-order chi connectivity index (χ1) is 13.7. The Morgan fingerprint density at radius 1 is 1.14 bits per heavy atom. The number of hydrogen-bond donors (Lipinski definition) is 1. The number of carbonyl (C=O) groups excluding carboxylic acids is 1. The summed E-state index contributed by atoms with van der Waals surface area (Å²) < 4.78 is 56.8. The highest BCUT2D eigenvalue weighted by Crippen LogP contribution is 2.38. The van der Waals surface area contributed by atoms with Crippen LogP contribution in [0.2, 0.25) is 0 Å². The van der Waals surface area contributed by atoms with Crippen LogP contribution in [-0.4, -0.2) is 30.3 Å². The van der Waals surface area contributed by atoms with Crippen molar-refractivity contribution in [1.82, 2.24) is 24.4 Å². The maximum atomic E-state index is 13.8. The van der Waals surface area contributed by atoms with E-state index in [1.54, 1.807) is 19.2 Å². The first kappa shape index (κ1) is 18.6. The summed E-state index contributed by atoms with van der Waals surface area (Å²) in [7, 11) is 1.56. The summed E-state index contributed by atoms with van der Waals surface area (Å²) in [6.07, 6.45) is -2.01. The molecule has 0 spiro atoms. The van der Waals surface area contributed by atoms with Crippen LogP contribution in [0.25, 0.3) is 22.3 Å². The van der Waals surface area contributed by atoms with Crippen molar-refractivity contribution in [2.24, 2.45) is 7.05 Å². The lowest BCUT2D eigenvalue weighted by molar-refractivity contribution is -0.137. The second-order valence-corrected chi connectivity index (χ2v) is 6.15. The number of aromatic nitrogens is 5. The molecule has 0 atom stereocenters. The summed E-state index contributed by atoms with van der Waals surface area (Å²) in [6, 6.07) is 6.74. The molecule has 1 aromatic carbocycles. The molecule has 4 rings (SSSR count). The predicted molar refractivity (Wildman–Crippen MR) is 94.8 cm³/mol. The fourth-order valence-corrected chi connectivity index (χ4v) is 2.92. The highest BCUT2D eigenvalue weighted by molar-refractivity contribution is 5.99. The topological polar surface area (TPSA) is 77.6 Å². The van der Waals surface area contributed by atoms with Crippen molar-refractivity contribution in [2.45, 2.75) is 6.18 Å². The third-order valence-corrected chi connectivity index (χ3v) is 4.14. The van der Waals surface area contributed by atoms with Crippen LogP contribution >= 0.6 is 0 Å². The van der Waals surface area contributed by atoms with Crippen LogP contribution in [0, 0.1) is 5.82 Å². The van der Waals surface area contributed by atoms with Gasteiger partial charge in [0.1, 0.15) is 12.1 Å². The van der Waals surface area contributed by atoms with Crippen LogP contribution in [0.5, 0.6) is 0 Å². The predicted octanol–water partition coefficient (Wildman–Crippen LogP) is 3.37. The van der Waals surface area contributed by atoms with Crippen molar-refractivity contribution in [2.75, 3.05) is 5.43 Å². The molecule has 3 heterocycles. The summed E-state index contributed by atoms with van der Waals surface area (Å²) in [5, 5.41) is 4.32. The van der Waals surface area contributed by atoms with E-state index in [-0.39, 0.29) is 17.2 Å². The van der Waals surface area contributed by atoms with E-state index in [2.05, 4.69) is 20.5 Å². The van der Waals surface area contributed by atoms with Crippen LogP contribution in [0.15, 0.2) is 48.9 Å². The van der Waals surface area contributed by atoms with Crippen LogP contribution in [0.4, 0.5) is 17.6 Å². The number of nitrogens with one attached hydrogen (secondary N) is 1. The van der Waals surface area contributed by atoms with E-state index in [0.717, 1.165) is 16.8 Å². The van der Waals surface area contributed by atoms with Gasteiger partial charge in [-0.2, -0.15) is 13.2 Å². The Labute approximate surface area is 160 Å². The van der Waals surface area contributed by atoms with Gasteiger partial charge in [-0.3, -0.25) is 14.9 Å². The molecule has 0 fully saturated rings. The molecular formula is C18H12F4N6O. The smallest absolute Gasteiger partial charge is 0.264 e. The minimum atomic E-state index is -4.73. The lowest BCUT2D eigenvalue weighted by atomic mass is 10.0. The average Bonchev–Trinajstić information content (AvgIpc) is 3.25. The summed E-state index contributed by atoms with van der Waals surface area (Å²) in [5.74, 6) is -1.80. The SMILES string of the molecule is Cn1cnc(C(=O)Nn2c(-c3cc(F)ccc3C(F)(F)F)cc3cccnc32)n1. The Morgan fingerprint density at radius 3 is 2.62 bits per heavy atom. The van der Waals surface area contributed by atoms with E-state index < -0.39 is 29.0 Å². The Balaban J connectivity index is 1.91. The average molecular weight is 404 g/mol. The number of hydrogen-bond acceptors (Lipinski definition) is 4. The van der Waals surface area contributed by atoms with Crippen molar-refractivity contribution in [3.05, 3.63) is 66.1 Å². The van der Waals surface area contributed by atoms with E-state index in [1.807, 2.05) is 0 Å². The van der Waals surface area contributed by atoms with Crippen molar-refractivity contribution in [3.8, 4) is 11.3 Å². The first-order valence-electron chi connectivity index (χ1n) is 8.24. The van der Waals surface area contributed by atoms with Gasteiger partial charge in [0.15, 0.2) is 5.65 Å². The number of benzene rings is 1. The van der Waals surface area contributed by atoms with Crippen LogP contribution in [0.3, 0.4) is 0 Å². The zero-order valence-corrected chi connectivity index (χ0v) is 14.8. The number of amides is 1. The van der Waals surface area contributed by atoms with Gasteiger partial charge in [0.2, 0.25) is 5.82 Å². The molecule has 0 aliphatic heterocycles. The Kier molecular flexibility index (Phi) is 4.29. The van der Waals surface area contributed by atoms with Crippen molar-refractivity contribution in [1.29, 1.82) is 0 Å². The molecule has 4 aromatic rings. The largest absolute Gasteiger partial charge is 0.417 e. The molecule has 148 valence electrons. The summed E-state index contributed by atoms with van der Waals surface area (Å²) in [5.41, 5.74) is 1.06. The zero-order chi connectivity index (χ0) is 20.8. The molecule has 0 aliphatic rings. The highest BCUT2D eigenvalue weighted by Gasteiger charge is 2.35. The van der Waals surface area contributed by atoms with Gasteiger partial charge in [-0.25, -0.2) is 19.0 Å². The van der Waals surface area contributed by atoms with Gasteiger partial charge < -0.3 is 0 Å². The normalized spacial score (nSPS) is 11.8. The fraction of sp³-hybridized carbons (Fsp3) is 0.111. The van der Waals surface area contributed by atoms with E-state index in [0.29, 0.717) is 11.5 Å². The number of alkyl halides is 3. The fourth-order valence-electron chi connectivity index (χ4n) is 2.92. The number of rotatable bonds is 3. The van der Waals surface area contributed by atoms with Crippen molar-refractivity contribution >= 4 is 16.9 Å². The van der Waals surface area contributed by atoms with Gasteiger partial charge in [0.05, 0.1) is 11.3 Å². The first-order valence-corrected chi connectivity index (χ1v) is 8.24. The maximum Gasteiger partial charge on any atom is 0.417 e. The molecule has 0 radical (unpaired) electrons. The second-order valence-electron chi connectivity index (χ2n) is 6.15. The Bertz CT molecular complexity index is 1230. The van der Waals surface area contributed by atoms with E-state index in [4.69, 9.17) is 0 Å². The lowest BCUT2D eigenvalue weighted by Gasteiger charge is -2.15. The van der Waals surface area contributed by atoms with Gasteiger partial charge in [0, 0.05) is 24.2 Å². The molecule has 1 N–H and O–H groups in total. The number of pyridine rings is 1. The molecule has 0 aliphatic carbocycles. The molecule has 11 heteroatoms. The lowest BCUT2D eigenvalue weighted by Crippen LogP contribution is -2.25. The van der Waals surface area contributed by atoms with E-state index in [1.165, 1.54) is 23.3 Å². The molecule has 29 heavy (non-hydrogen) atoms. The van der Waals surface area contributed by atoms with Gasteiger partial charge in [-0.15, -0.1) is 5.10 Å². The molecule has 1 amide bonds. The molecule has 0 saturated carbocycles. The minimum Gasteiger partial charge on any atom is -0.264 e. The minimum absolute atomic E-state index is 0.0881. The maximum absolute atomic E-state index is 13.8. The Hall–Kier alpha value is -3.76. The highest BCUT2D eigenvalue weighted by atomic mass is 19.4. The summed E-state index contributed by atoms with van der Waals surface area (Å²) >= 11 is 0. The van der Waals surface area contributed by atoms with Gasteiger partial charge in [0.25, 0.3) is 0 Å². The third-order valence-electron chi connectivity index (χ3n) is 4.14. The summed E-state index contributed by atoms with van der Waals surface area (Å²) in [4.78, 5) is 20.4. The number of aryl methyl sites for hydroxylation is 1. The number of nitrogens with zero attached hydrogens (tertiary/aromatic N) is 5. The quantitative estimate of drug-likeness (QED) is 0.531. The Morgan fingerprint density at radius 2 is 1.93 bits per heavy atom. The van der Waals surface area contributed by atoms with Crippen molar-refractivity contribution < 1.29 is 22.4 Å². The molecule has 3 aromatic heterocycles. The van der Waals surface area contributed by atoms with Crippen molar-refractivity contribution in [3.63, 3.8) is 0 Å². The van der Waals surface area contributed by atoms with Crippen LogP contribution in [0.1, 0.15) is 16.2 Å². The van der Waals surface area contributed by atoms with Gasteiger partial charge in [-0.05, 0) is 36.4 Å².